The molecule has 5 heteroatoms. The van der Waals surface area contributed by atoms with Gasteiger partial charge in [-0.15, -0.1) is 0 Å². The smallest absolute Gasteiger partial charge is 0.238 e. The summed E-state index contributed by atoms with van der Waals surface area (Å²) in [7, 11) is 2.04. The number of hydrogen-bond acceptors (Lipinski definition) is 4. The summed E-state index contributed by atoms with van der Waals surface area (Å²) >= 11 is 0. The van der Waals surface area contributed by atoms with Crippen LogP contribution in [0.5, 0.6) is 0 Å². The molecule has 0 atom stereocenters. The molecule has 1 saturated heterocycles. The van der Waals surface area contributed by atoms with Crippen molar-refractivity contribution < 1.29 is 4.79 Å². The van der Waals surface area contributed by atoms with E-state index in [1.807, 2.05) is 37.5 Å². The molecular weight excluding hydrogens is 324 g/mol. The summed E-state index contributed by atoms with van der Waals surface area (Å²) in [6.07, 6.45) is 4.94. The number of hydrogen-bond donors (Lipinski definition) is 1. The first-order valence-corrected chi connectivity index (χ1v) is 9.40. The third-order valence-electron chi connectivity index (χ3n) is 5.10. The number of carbonyl (C=O) groups excluding carboxylic acids is 1. The van der Waals surface area contributed by atoms with Gasteiger partial charge in [0.15, 0.2) is 0 Å². The number of pyridine rings is 1. The maximum atomic E-state index is 12.3. The predicted octanol–water partition coefficient (Wildman–Crippen LogP) is 3.18. The molecule has 1 aliphatic rings. The van der Waals surface area contributed by atoms with Gasteiger partial charge in [0, 0.05) is 31.0 Å². The van der Waals surface area contributed by atoms with Gasteiger partial charge in [0.2, 0.25) is 5.91 Å². The number of anilines is 2. The Morgan fingerprint density at radius 1 is 1.19 bits per heavy atom. The van der Waals surface area contributed by atoms with Crippen molar-refractivity contribution in [1.82, 2.24) is 9.88 Å². The number of rotatable bonds is 6. The number of aryl methyl sites for hydroxylation is 1. The topological polar surface area (TPSA) is 48.5 Å². The second-order valence-electron chi connectivity index (χ2n) is 6.92. The Balaban J connectivity index is 1.46. The van der Waals surface area contributed by atoms with E-state index >= 15 is 0 Å². The molecular formula is C21H28N4O. The van der Waals surface area contributed by atoms with Gasteiger partial charge in [0.25, 0.3) is 0 Å². The van der Waals surface area contributed by atoms with Crippen LogP contribution in [-0.2, 0) is 11.2 Å². The van der Waals surface area contributed by atoms with E-state index in [2.05, 4.69) is 45.2 Å². The lowest BCUT2D eigenvalue weighted by Gasteiger charge is -2.37. The largest absolute Gasteiger partial charge is 0.357 e. The Bertz CT molecular complexity index is 694. The Labute approximate surface area is 156 Å². The number of aromatic nitrogens is 1. The SMILES string of the molecule is CCc1ccc(NC(=O)CN(C)C2CCN(c3ccccn3)CC2)cc1. The molecule has 1 amide bonds. The number of nitrogens with one attached hydrogen (secondary N) is 1. The van der Waals surface area contributed by atoms with Crippen LogP contribution in [0.25, 0.3) is 0 Å². The zero-order chi connectivity index (χ0) is 18.4. The Morgan fingerprint density at radius 3 is 2.54 bits per heavy atom. The molecule has 0 bridgehead atoms. The zero-order valence-electron chi connectivity index (χ0n) is 15.7. The molecule has 138 valence electrons. The summed E-state index contributed by atoms with van der Waals surface area (Å²) in [5.41, 5.74) is 2.14. The van der Waals surface area contributed by atoms with Crippen molar-refractivity contribution in [3.8, 4) is 0 Å². The molecule has 5 nitrogen and oxygen atoms in total. The number of nitrogens with zero attached hydrogens (tertiary/aromatic N) is 3. The number of amides is 1. The number of piperidine rings is 1. The molecule has 0 spiro atoms. The molecule has 1 aromatic carbocycles. The summed E-state index contributed by atoms with van der Waals surface area (Å²) in [6, 6.07) is 14.5. The van der Waals surface area contributed by atoms with Crippen LogP contribution in [0.2, 0.25) is 0 Å². The highest BCUT2D eigenvalue weighted by Crippen LogP contribution is 2.20. The van der Waals surface area contributed by atoms with Gasteiger partial charge in [-0.2, -0.15) is 0 Å². The zero-order valence-corrected chi connectivity index (χ0v) is 15.7. The fraction of sp³-hybridized carbons (Fsp3) is 0.429. The van der Waals surface area contributed by atoms with Crippen LogP contribution in [0, 0.1) is 0 Å². The maximum Gasteiger partial charge on any atom is 0.238 e. The highest BCUT2D eigenvalue weighted by atomic mass is 16.2. The third-order valence-corrected chi connectivity index (χ3v) is 5.10. The van der Waals surface area contributed by atoms with E-state index in [-0.39, 0.29) is 5.91 Å². The molecule has 1 aromatic heterocycles. The Hall–Kier alpha value is -2.40. The first-order chi connectivity index (χ1) is 12.7. The van der Waals surface area contributed by atoms with Crippen molar-refractivity contribution in [1.29, 1.82) is 0 Å². The minimum atomic E-state index is 0.0453. The van der Waals surface area contributed by atoms with Crippen molar-refractivity contribution in [3.05, 3.63) is 54.2 Å². The highest BCUT2D eigenvalue weighted by Gasteiger charge is 2.24. The van der Waals surface area contributed by atoms with Crippen LogP contribution in [0.3, 0.4) is 0 Å². The van der Waals surface area contributed by atoms with E-state index in [4.69, 9.17) is 0 Å². The van der Waals surface area contributed by atoms with Crippen molar-refractivity contribution in [2.45, 2.75) is 32.2 Å². The quantitative estimate of drug-likeness (QED) is 0.867. The summed E-state index contributed by atoms with van der Waals surface area (Å²) in [4.78, 5) is 21.3. The van der Waals surface area contributed by atoms with Gasteiger partial charge < -0.3 is 10.2 Å². The highest BCUT2D eigenvalue weighted by molar-refractivity contribution is 5.92. The van der Waals surface area contributed by atoms with Crippen LogP contribution in [-0.4, -0.2) is 48.5 Å². The first-order valence-electron chi connectivity index (χ1n) is 9.40. The van der Waals surface area contributed by atoms with Gasteiger partial charge >= 0.3 is 0 Å². The first kappa shape index (κ1) is 18.4. The molecule has 0 aliphatic carbocycles. The lowest BCUT2D eigenvalue weighted by Crippen LogP contribution is -2.45. The molecule has 0 saturated carbocycles. The minimum Gasteiger partial charge on any atom is -0.357 e. The van der Waals surface area contributed by atoms with Gasteiger partial charge in [-0.3, -0.25) is 9.69 Å². The summed E-state index contributed by atoms with van der Waals surface area (Å²) < 4.78 is 0. The summed E-state index contributed by atoms with van der Waals surface area (Å²) in [5, 5.41) is 3.00. The average molecular weight is 352 g/mol. The average Bonchev–Trinajstić information content (AvgIpc) is 2.69. The van der Waals surface area contributed by atoms with Gasteiger partial charge in [0.05, 0.1) is 6.54 Å². The van der Waals surface area contributed by atoms with Crippen molar-refractivity contribution >= 4 is 17.4 Å². The van der Waals surface area contributed by atoms with Gasteiger partial charge in [-0.1, -0.05) is 25.1 Å². The van der Waals surface area contributed by atoms with Crippen LogP contribution < -0.4 is 10.2 Å². The Morgan fingerprint density at radius 2 is 1.92 bits per heavy atom. The third kappa shape index (κ3) is 4.82. The van der Waals surface area contributed by atoms with Crippen LogP contribution in [0.1, 0.15) is 25.3 Å². The van der Waals surface area contributed by atoms with Crippen LogP contribution in [0.15, 0.2) is 48.7 Å². The predicted molar refractivity (Wildman–Crippen MR) is 107 cm³/mol. The molecule has 1 N–H and O–H groups in total. The second kappa shape index (κ2) is 8.81. The molecule has 2 heterocycles. The normalized spacial score (nSPS) is 15.3. The van der Waals surface area contributed by atoms with Crippen molar-refractivity contribution in [3.63, 3.8) is 0 Å². The molecule has 1 fully saturated rings. The molecule has 3 rings (SSSR count). The molecule has 26 heavy (non-hydrogen) atoms. The van der Waals surface area contributed by atoms with E-state index < -0.39 is 0 Å². The lowest BCUT2D eigenvalue weighted by molar-refractivity contribution is -0.117. The maximum absolute atomic E-state index is 12.3. The minimum absolute atomic E-state index is 0.0453. The van der Waals surface area contributed by atoms with E-state index in [1.54, 1.807) is 0 Å². The van der Waals surface area contributed by atoms with Crippen LogP contribution >= 0.6 is 0 Å². The van der Waals surface area contributed by atoms with Crippen LogP contribution in [0.4, 0.5) is 11.5 Å². The fourth-order valence-corrected chi connectivity index (χ4v) is 3.46. The van der Waals surface area contributed by atoms with Gasteiger partial charge in [-0.05, 0) is 56.1 Å². The van der Waals surface area contributed by atoms with E-state index in [1.165, 1.54) is 5.56 Å². The Kier molecular flexibility index (Phi) is 6.23. The fourth-order valence-electron chi connectivity index (χ4n) is 3.46. The molecule has 0 unspecified atom stereocenters. The molecule has 2 aromatic rings. The number of carbonyl (C=O) groups is 1. The second-order valence-corrected chi connectivity index (χ2v) is 6.92. The van der Waals surface area contributed by atoms with Crippen molar-refractivity contribution in [2.24, 2.45) is 0 Å². The van der Waals surface area contributed by atoms with Crippen molar-refractivity contribution in [2.75, 3.05) is 36.9 Å². The monoisotopic (exact) mass is 352 g/mol. The number of likely N-dealkylation sites (N-methyl/N-ethyl adjacent to an activating group) is 1. The summed E-state index contributed by atoms with van der Waals surface area (Å²) in [6.45, 7) is 4.50. The summed E-state index contributed by atoms with van der Waals surface area (Å²) in [5.74, 6) is 1.09. The van der Waals surface area contributed by atoms with Gasteiger partial charge in [0.1, 0.15) is 5.82 Å². The number of benzene rings is 1. The molecule has 1 aliphatic heterocycles. The van der Waals surface area contributed by atoms with E-state index in [9.17, 15) is 4.79 Å². The van der Waals surface area contributed by atoms with E-state index in [0.29, 0.717) is 12.6 Å². The van der Waals surface area contributed by atoms with Gasteiger partial charge in [-0.25, -0.2) is 4.98 Å². The lowest BCUT2D eigenvalue weighted by atomic mass is 10.0. The van der Waals surface area contributed by atoms with E-state index in [0.717, 1.165) is 43.9 Å². The standard InChI is InChI=1S/C21H28N4O/c1-3-17-7-9-18(10-8-17)23-21(26)16-24(2)19-11-14-25(15-12-19)20-6-4-5-13-22-20/h4-10,13,19H,3,11-12,14-16H2,1-2H3,(H,23,26). The molecule has 0 radical (unpaired) electrons.